The lowest BCUT2D eigenvalue weighted by Crippen LogP contribution is -2.51. The van der Waals surface area contributed by atoms with Crippen molar-refractivity contribution >= 4 is 5.91 Å². The molecule has 0 spiro atoms. The molecule has 0 aliphatic carbocycles. The van der Waals surface area contributed by atoms with Gasteiger partial charge in [-0.3, -0.25) is 14.7 Å². The van der Waals surface area contributed by atoms with Crippen molar-refractivity contribution in [3.63, 3.8) is 0 Å². The molecule has 1 aliphatic heterocycles. The Morgan fingerprint density at radius 1 is 1.33 bits per heavy atom. The minimum atomic E-state index is -0.0464. The molecule has 1 aromatic rings. The van der Waals surface area contributed by atoms with E-state index in [0.29, 0.717) is 12.5 Å². The van der Waals surface area contributed by atoms with Crippen molar-refractivity contribution in [2.24, 2.45) is 17.6 Å². The van der Waals surface area contributed by atoms with Crippen molar-refractivity contribution in [2.75, 3.05) is 32.7 Å². The zero-order chi connectivity index (χ0) is 15.2. The average molecular weight is 290 g/mol. The van der Waals surface area contributed by atoms with E-state index in [0.717, 1.165) is 32.7 Å². The number of hydrogen-bond acceptors (Lipinski definition) is 4. The summed E-state index contributed by atoms with van der Waals surface area (Å²) in [4.78, 5) is 20.9. The fraction of sp³-hybridized carbons (Fsp3) is 0.625. The second-order valence-corrected chi connectivity index (χ2v) is 6.05. The predicted octanol–water partition coefficient (Wildman–Crippen LogP) is 0.957. The summed E-state index contributed by atoms with van der Waals surface area (Å²) in [5.41, 5.74) is 6.97. The average Bonchev–Trinajstić information content (AvgIpc) is 2.49. The highest BCUT2D eigenvalue weighted by Crippen LogP contribution is 2.15. The van der Waals surface area contributed by atoms with Gasteiger partial charge in [-0.2, -0.15) is 0 Å². The zero-order valence-electron chi connectivity index (χ0n) is 13.0. The fourth-order valence-corrected chi connectivity index (χ4v) is 2.77. The first-order chi connectivity index (χ1) is 10.1. The van der Waals surface area contributed by atoms with Crippen LogP contribution in [0.1, 0.15) is 19.4 Å². The Balaban J connectivity index is 1.84. The molecule has 2 heterocycles. The molecule has 1 aliphatic rings. The van der Waals surface area contributed by atoms with E-state index in [9.17, 15) is 4.79 Å². The number of hydrogen-bond donors (Lipinski definition) is 1. The summed E-state index contributed by atoms with van der Waals surface area (Å²) in [6.07, 6.45) is 3.69. The van der Waals surface area contributed by atoms with Crippen LogP contribution in [0, 0.1) is 11.8 Å². The minimum absolute atomic E-state index is 0.0464. The van der Waals surface area contributed by atoms with Gasteiger partial charge in [0.25, 0.3) is 0 Å². The molecule has 21 heavy (non-hydrogen) atoms. The zero-order valence-corrected chi connectivity index (χ0v) is 13.0. The number of aromatic nitrogens is 1. The van der Waals surface area contributed by atoms with Crippen LogP contribution < -0.4 is 5.73 Å². The van der Waals surface area contributed by atoms with E-state index in [4.69, 9.17) is 5.73 Å². The summed E-state index contributed by atoms with van der Waals surface area (Å²) in [7, 11) is 0. The van der Waals surface area contributed by atoms with Gasteiger partial charge in [-0.25, -0.2) is 0 Å². The monoisotopic (exact) mass is 290 g/mol. The Kier molecular flexibility index (Phi) is 5.70. The molecule has 1 unspecified atom stereocenters. The van der Waals surface area contributed by atoms with Crippen LogP contribution in [0.3, 0.4) is 0 Å². The molecule has 1 saturated heterocycles. The first kappa shape index (κ1) is 15.9. The van der Waals surface area contributed by atoms with Gasteiger partial charge in [0.1, 0.15) is 0 Å². The van der Waals surface area contributed by atoms with Crippen LogP contribution in [0.5, 0.6) is 0 Å². The van der Waals surface area contributed by atoms with Gasteiger partial charge in [-0.1, -0.05) is 19.9 Å². The summed E-state index contributed by atoms with van der Waals surface area (Å²) in [6.45, 7) is 8.88. The number of nitrogens with two attached hydrogens (primary N) is 1. The lowest BCUT2D eigenvalue weighted by molar-refractivity contribution is -0.138. The highest BCUT2D eigenvalue weighted by atomic mass is 16.2. The van der Waals surface area contributed by atoms with E-state index in [1.165, 1.54) is 5.56 Å². The van der Waals surface area contributed by atoms with E-state index in [1.807, 2.05) is 17.2 Å². The standard InChI is InChI=1S/C16H26N4O/c1-13(2)15(10-17)16(21)20-8-6-19(7-9-20)12-14-4-3-5-18-11-14/h3-5,11,13,15H,6-10,12,17H2,1-2H3. The maximum absolute atomic E-state index is 12.5. The van der Waals surface area contributed by atoms with Gasteiger partial charge in [0, 0.05) is 51.7 Å². The smallest absolute Gasteiger partial charge is 0.227 e. The maximum Gasteiger partial charge on any atom is 0.227 e. The summed E-state index contributed by atoms with van der Waals surface area (Å²) in [5.74, 6) is 0.472. The van der Waals surface area contributed by atoms with E-state index in [2.05, 4.69) is 29.8 Å². The highest BCUT2D eigenvalue weighted by molar-refractivity contribution is 5.79. The molecule has 1 aromatic heterocycles. The van der Waals surface area contributed by atoms with E-state index in [1.54, 1.807) is 6.20 Å². The third-order valence-electron chi connectivity index (χ3n) is 4.19. The van der Waals surface area contributed by atoms with Crippen LogP contribution in [0.4, 0.5) is 0 Å². The van der Waals surface area contributed by atoms with Crippen LogP contribution in [0.25, 0.3) is 0 Å². The fourth-order valence-electron chi connectivity index (χ4n) is 2.77. The van der Waals surface area contributed by atoms with Gasteiger partial charge in [-0.15, -0.1) is 0 Å². The normalized spacial score (nSPS) is 18.0. The summed E-state index contributed by atoms with van der Waals surface area (Å²) >= 11 is 0. The third-order valence-corrected chi connectivity index (χ3v) is 4.19. The highest BCUT2D eigenvalue weighted by Gasteiger charge is 2.28. The molecule has 0 aromatic carbocycles. The van der Waals surface area contributed by atoms with Crippen molar-refractivity contribution in [3.8, 4) is 0 Å². The van der Waals surface area contributed by atoms with E-state index >= 15 is 0 Å². The van der Waals surface area contributed by atoms with Crippen LogP contribution in [-0.4, -0.2) is 53.4 Å². The SMILES string of the molecule is CC(C)C(CN)C(=O)N1CCN(Cc2cccnc2)CC1. The lowest BCUT2D eigenvalue weighted by atomic mass is 9.94. The van der Waals surface area contributed by atoms with E-state index < -0.39 is 0 Å². The quantitative estimate of drug-likeness (QED) is 0.877. The largest absolute Gasteiger partial charge is 0.340 e. The van der Waals surface area contributed by atoms with Gasteiger partial charge in [0.05, 0.1) is 5.92 Å². The molecule has 0 saturated carbocycles. The van der Waals surface area contributed by atoms with Crippen molar-refractivity contribution in [2.45, 2.75) is 20.4 Å². The van der Waals surface area contributed by atoms with Crippen molar-refractivity contribution < 1.29 is 4.79 Å². The number of rotatable bonds is 5. The summed E-state index contributed by atoms with van der Waals surface area (Å²) in [6, 6.07) is 4.05. The molecule has 5 nitrogen and oxygen atoms in total. The van der Waals surface area contributed by atoms with Crippen LogP contribution >= 0.6 is 0 Å². The number of carbonyl (C=O) groups is 1. The third kappa shape index (κ3) is 4.25. The van der Waals surface area contributed by atoms with Gasteiger partial charge in [0.15, 0.2) is 0 Å². The second-order valence-electron chi connectivity index (χ2n) is 6.05. The molecule has 2 rings (SSSR count). The Morgan fingerprint density at radius 3 is 2.57 bits per heavy atom. The van der Waals surface area contributed by atoms with Gasteiger partial charge in [-0.05, 0) is 17.5 Å². The molecule has 1 amide bonds. The Labute approximate surface area is 127 Å². The van der Waals surface area contributed by atoms with Crippen molar-refractivity contribution in [1.82, 2.24) is 14.8 Å². The molecule has 0 radical (unpaired) electrons. The van der Waals surface area contributed by atoms with Crippen LogP contribution in [-0.2, 0) is 11.3 Å². The second kappa shape index (κ2) is 7.52. The van der Waals surface area contributed by atoms with Crippen molar-refractivity contribution in [3.05, 3.63) is 30.1 Å². The van der Waals surface area contributed by atoms with Crippen LogP contribution in [0.15, 0.2) is 24.5 Å². The summed E-state index contributed by atoms with van der Waals surface area (Å²) < 4.78 is 0. The lowest BCUT2D eigenvalue weighted by Gasteiger charge is -2.37. The Morgan fingerprint density at radius 2 is 2.05 bits per heavy atom. The number of pyridine rings is 1. The number of piperazine rings is 1. The molecule has 1 fully saturated rings. The topological polar surface area (TPSA) is 62.5 Å². The molecule has 0 bridgehead atoms. The number of carbonyl (C=O) groups excluding carboxylic acids is 1. The van der Waals surface area contributed by atoms with Gasteiger partial charge >= 0.3 is 0 Å². The molecule has 5 heteroatoms. The molecular weight excluding hydrogens is 264 g/mol. The Hall–Kier alpha value is -1.46. The van der Waals surface area contributed by atoms with Gasteiger partial charge < -0.3 is 10.6 Å². The number of nitrogens with zero attached hydrogens (tertiary/aromatic N) is 3. The molecule has 1 atom stereocenters. The van der Waals surface area contributed by atoms with Crippen LogP contribution in [0.2, 0.25) is 0 Å². The van der Waals surface area contributed by atoms with E-state index in [-0.39, 0.29) is 11.8 Å². The Bertz CT molecular complexity index is 441. The van der Waals surface area contributed by atoms with Crippen molar-refractivity contribution in [1.29, 1.82) is 0 Å². The first-order valence-corrected chi connectivity index (χ1v) is 7.72. The summed E-state index contributed by atoms with van der Waals surface area (Å²) in [5, 5.41) is 0. The minimum Gasteiger partial charge on any atom is -0.340 e. The molecule has 2 N–H and O–H groups in total. The predicted molar refractivity (Wildman–Crippen MR) is 83.5 cm³/mol. The first-order valence-electron chi connectivity index (χ1n) is 7.72. The molecule has 116 valence electrons. The van der Waals surface area contributed by atoms with Gasteiger partial charge in [0.2, 0.25) is 5.91 Å². The molecular formula is C16H26N4O. The maximum atomic E-state index is 12.5. The number of amides is 1.